The predicted octanol–water partition coefficient (Wildman–Crippen LogP) is 5.61. The Morgan fingerprint density at radius 1 is 1.22 bits per heavy atom. The van der Waals surface area contributed by atoms with Crippen LogP contribution in [0.4, 0.5) is 10.6 Å². The smallest absolute Gasteiger partial charge is 0.407 e. The van der Waals surface area contributed by atoms with Crippen molar-refractivity contribution in [3.63, 3.8) is 0 Å². The van der Waals surface area contributed by atoms with Crippen molar-refractivity contribution in [3.8, 4) is 21.1 Å². The highest BCUT2D eigenvalue weighted by molar-refractivity contribution is 7.19. The Hall–Kier alpha value is -2.87. The minimum absolute atomic E-state index is 0.328. The highest BCUT2D eigenvalue weighted by atomic mass is 32.1. The number of piperidine rings is 1. The lowest BCUT2D eigenvalue weighted by Crippen LogP contribution is -2.33. The number of aromatic nitrogens is 3. The van der Waals surface area contributed by atoms with Crippen molar-refractivity contribution in [2.45, 2.75) is 58.6 Å². The van der Waals surface area contributed by atoms with Gasteiger partial charge in [0.2, 0.25) is 0 Å². The van der Waals surface area contributed by atoms with Crippen LogP contribution in [0.25, 0.3) is 21.1 Å². The molecular formula is C24H31N5O2S. The van der Waals surface area contributed by atoms with E-state index in [1.54, 1.807) is 11.3 Å². The van der Waals surface area contributed by atoms with Crippen LogP contribution in [0.3, 0.4) is 0 Å². The molecule has 0 bridgehead atoms. The number of amides is 1. The van der Waals surface area contributed by atoms with Crippen LogP contribution in [-0.4, -0.2) is 40.0 Å². The van der Waals surface area contributed by atoms with E-state index in [9.17, 15) is 4.79 Å². The zero-order valence-corrected chi connectivity index (χ0v) is 19.8. The van der Waals surface area contributed by atoms with Crippen molar-refractivity contribution in [3.05, 3.63) is 42.1 Å². The monoisotopic (exact) mass is 453 g/mol. The molecule has 0 radical (unpaired) electrons. The van der Waals surface area contributed by atoms with E-state index < -0.39 is 11.7 Å². The SMILES string of the molecule is CCC(C)(C)OC(=O)NCc1cc(-c2sc(-c3ccccc3)nc2N2CCCCC2)n[nH]1. The Kier molecular flexibility index (Phi) is 6.79. The molecule has 0 unspecified atom stereocenters. The lowest BCUT2D eigenvalue weighted by Gasteiger charge is -2.27. The van der Waals surface area contributed by atoms with Gasteiger partial charge < -0.3 is 15.0 Å². The number of nitrogens with zero attached hydrogens (tertiary/aromatic N) is 3. The van der Waals surface area contributed by atoms with Gasteiger partial charge in [-0.3, -0.25) is 5.10 Å². The average Bonchev–Trinajstić information content (AvgIpc) is 3.46. The van der Waals surface area contributed by atoms with Gasteiger partial charge in [-0.15, -0.1) is 11.3 Å². The lowest BCUT2D eigenvalue weighted by atomic mass is 10.1. The van der Waals surface area contributed by atoms with Gasteiger partial charge in [-0.2, -0.15) is 5.10 Å². The molecule has 1 amide bonds. The Labute approximate surface area is 193 Å². The number of ether oxygens (including phenoxy) is 1. The van der Waals surface area contributed by atoms with Crippen LogP contribution in [0, 0.1) is 0 Å². The molecule has 8 heteroatoms. The summed E-state index contributed by atoms with van der Waals surface area (Å²) in [6, 6.07) is 12.3. The number of thiazole rings is 1. The first-order chi connectivity index (χ1) is 15.4. The summed E-state index contributed by atoms with van der Waals surface area (Å²) in [4.78, 5) is 20.6. The van der Waals surface area contributed by atoms with Crippen LogP contribution in [0.2, 0.25) is 0 Å². The Morgan fingerprint density at radius 3 is 2.69 bits per heavy atom. The summed E-state index contributed by atoms with van der Waals surface area (Å²) in [7, 11) is 0. The number of nitrogens with one attached hydrogen (secondary N) is 2. The number of hydrogen-bond donors (Lipinski definition) is 2. The molecule has 3 heterocycles. The summed E-state index contributed by atoms with van der Waals surface area (Å²) >= 11 is 1.66. The van der Waals surface area contributed by atoms with Crippen molar-refractivity contribution in [1.29, 1.82) is 0 Å². The van der Waals surface area contributed by atoms with Crippen LogP contribution < -0.4 is 10.2 Å². The molecular weight excluding hydrogens is 422 g/mol. The number of carbonyl (C=O) groups excluding carboxylic acids is 1. The quantitative estimate of drug-likeness (QED) is 0.486. The third kappa shape index (κ3) is 5.30. The van der Waals surface area contributed by atoms with Crippen molar-refractivity contribution in [2.24, 2.45) is 0 Å². The topological polar surface area (TPSA) is 83.1 Å². The normalized spacial score (nSPS) is 14.4. The third-order valence-electron chi connectivity index (χ3n) is 5.79. The van der Waals surface area contributed by atoms with Crippen molar-refractivity contribution in [1.82, 2.24) is 20.5 Å². The molecule has 1 saturated heterocycles. The minimum atomic E-state index is -0.483. The zero-order chi connectivity index (χ0) is 22.6. The van der Waals surface area contributed by atoms with E-state index in [4.69, 9.17) is 9.72 Å². The number of aromatic amines is 1. The zero-order valence-electron chi connectivity index (χ0n) is 19.0. The summed E-state index contributed by atoms with van der Waals surface area (Å²) in [5.41, 5.74) is 2.30. The second-order valence-electron chi connectivity index (χ2n) is 8.72. The highest BCUT2D eigenvalue weighted by Crippen LogP contribution is 2.40. The molecule has 7 nitrogen and oxygen atoms in total. The molecule has 2 N–H and O–H groups in total. The number of alkyl carbamates (subject to hydrolysis) is 1. The summed E-state index contributed by atoms with van der Waals surface area (Å²) < 4.78 is 5.45. The number of hydrogen-bond acceptors (Lipinski definition) is 6. The largest absolute Gasteiger partial charge is 0.444 e. The minimum Gasteiger partial charge on any atom is -0.444 e. The molecule has 1 aliphatic rings. The first-order valence-corrected chi connectivity index (χ1v) is 12.1. The standard InChI is InChI=1S/C24H31N5O2S/c1-4-24(2,3)31-23(30)25-16-18-15-19(28-27-18)20-21(29-13-9-6-10-14-29)26-22(32-20)17-11-7-5-8-12-17/h5,7-8,11-12,15H,4,6,9-10,13-14,16H2,1-3H3,(H,25,30)(H,27,28). The van der Waals surface area contributed by atoms with Gasteiger partial charge in [0.25, 0.3) is 0 Å². The molecule has 0 aliphatic carbocycles. The second kappa shape index (κ2) is 9.73. The van der Waals surface area contributed by atoms with E-state index in [-0.39, 0.29) is 0 Å². The maximum absolute atomic E-state index is 12.1. The van der Waals surface area contributed by atoms with Crippen molar-refractivity contribution in [2.75, 3.05) is 18.0 Å². The van der Waals surface area contributed by atoms with Crippen LogP contribution in [0.1, 0.15) is 52.1 Å². The molecule has 2 aromatic heterocycles. The predicted molar refractivity (Wildman–Crippen MR) is 129 cm³/mol. The van der Waals surface area contributed by atoms with Crippen LogP contribution in [0.5, 0.6) is 0 Å². The molecule has 4 rings (SSSR count). The number of benzene rings is 1. The van der Waals surface area contributed by atoms with E-state index >= 15 is 0 Å². The summed E-state index contributed by atoms with van der Waals surface area (Å²) in [6.07, 6.45) is 3.96. The van der Waals surface area contributed by atoms with E-state index in [0.717, 1.165) is 52.2 Å². The molecule has 1 fully saturated rings. The van der Waals surface area contributed by atoms with E-state index in [1.165, 1.54) is 19.3 Å². The maximum Gasteiger partial charge on any atom is 0.407 e. The second-order valence-corrected chi connectivity index (χ2v) is 9.72. The van der Waals surface area contributed by atoms with E-state index in [1.807, 2.05) is 45.0 Å². The van der Waals surface area contributed by atoms with Crippen LogP contribution >= 0.6 is 11.3 Å². The van der Waals surface area contributed by atoms with E-state index in [2.05, 4.69) is 32.5 Å². The molecule has 1 aliphatic heterocycles. The van der Waals surface area contributed by atoms with Gasteiger partial charge in [0, 0.05) is 18.7 Å². The number of H-pyrrole nitrogens is 1. The molecule has 170 valence electrons. The van der Waals surface area contributed by atoms with Crippen LogP contribution in [-0.2, 0) is 11.3 Å². The summed E-state index contributed by atoms with van der Waals surface area (Å²) in [6.45, 7) is 8.15. The fraction of sp³-hybridized carbons (Fsp3) is 0.458. The maximum atomic E-state index is 12.1. The van der Waals surface area contributed by atoms with Crippen molar-refractivity contribution >= 4 is 23.2 Å². The van der Waals surface area contributed by atoms with Crippen LogP contribution in [0.15, 0.2) is 36.4 Å². The molecule has 0 atom stereocenters. The fourth-order valence-corrected chi connectivity index (χ4v) is 4.65. The Morgan fingerprint density at radius 2 is 1.97 bits per heavy atom. The van der Waals surface area contributed by atoms with Gasteiger partial charge in [0.05, 0.1) is 17.1 Å². The van der Waals surface area contributed by atoms with Gasteiger partial charge >= 0.3 is 6.09 Å². The van der Waals surface area contributed by atoms with E-state index in [0.29, 0.717) is 6.54 Å². The summed E-state index contributed by atoms with van der Waals surface area (Å²) in [5.74, 6) is 1.00. The average molecular weight is 454 g/mol. The van der Waals surface area contributed by atoms with Gasteiger partial charge in [-0.25, -0.2) is 9.78 Å². The number of anilines is 1. The third-order valence-corrected chi connectivity index (χ3v) is 6.91. The molecule has 32 heavy (non-hydrogen) atoms. The molecule has 1 aromatic carbocycles. The first kappa shape index (κ1) is 22.3. The molecule has 0 saturated carbocycles. The lowest BCUT2D eigenvalue weighted by molar-refractivity contribution is 0.0359. The van der Waals surface area contributed by atoms with Gasteiger partial charge in [-0.05, 0) is 45.6 Å². The summed E-state index contributed by atoms with van der Waals surface area (Å²) in [5, 5.41) is 11.4. The van der Waals surface area contributed by atoms with Gasteiger partial charge in [-0.1, -0.05) is 37.3 Å². The molecule has 0 spiro atoms. The highest BCUT2D eigenvalue weighted by Gasteiger charge is 2.23. The van der Waals surface area contributed by atoms with Gasteiger partial charge in [0.15, 0.2) is 0 Å². The van der Waals surface area contributed by atoms with Crippen molar-refractivity contribution < 1.29 is 9.53 Å². The van der Waals surface area contributed by atoms with Gasteiger partial charge in [0.1, 0.15) is 22.1 Å². The number of rotatable bonds is 7. The Bertz CT molecular complexity index is 1040. The Balaban J connectivity index is 1.54. The first-order valence-electron chi connectivity index (χ1n) is 11.3. The fourth-order valence-electron chi connectivity index (χ4n) is 3.60. The molecule has 3 aromatic rings. The number of carbonyl (C=O) groups is 1.